The van der Waals surface area contributed by atoms with Gasteiger partial charge in [0.05, 0.1) is 24.4 Å². The van der Waals surface area contributed by atoms with E-state index in [0.717, 1.165) is 12.1 Å². The van der Waals surface area contributed by atoms with Crippen LogP contribution >= 0.6 is 0 Å². The van der Waals surface area contributed by atoms with E-state index in [9.17, 15) is 13.9 Å². The molecule has 20 heavy (non-hydrogen) atoms. The SMILES string of the molecule is CC1CN(CC(O)c2c(F)cccc2F)C(C)(C)CO1. The summed E-state index contributed by atoms with van der Waals surface area (Å²) in [6, 6.07) is 3.62. The van der Waals surface area contributed by atoms with Gasteiger partial charge < -0.3 is 9.84 Å². The summed E-state index contributed by atoms with van der Waals surface area (Å²) in [6.07, 6.45) is -1.15. The van der Waals surface area contributed by atoms with Gasteiger partial charge in [-0.15, -0.1) is 0 Å². The fraction of sp³-hybridized carbons (Fsp3) is 0.600. The molecule has 0 radical (unpaired) electrons. The maximum absolute atomic E-state index is 13.7. The first-order chi connectivity index (χ1) is 9.31. The molecule has 112 valence electrons. The Kier molecular flexibility index (Phi) is 4.42. The molecule has 0 aromatic heterocycles. The molecule has 0 aliphatic carbocycles. The van der Waals surface area contributed by atoms with E-state index in [4.69, 9.17) is 4.74 Å². The molecule has 1 N–H and O–H groups in total. The summed E-state index contributed by atoms with van der Waals surface area (Å²) < 4.78 is 32.9. The van der Waals surface area contributed by atoms with Crippen LogP contribution in [0.1, 0.15) is 32.4 Å². The highest BCUT2D eigenvalue weighted by atomic mass is 19.1. The van der Waals surface area contributed by atoms with E-state index < -0.39 is 17.7 Å². The lowest BCUT2D eigenvalue weighted by molar-refractivity contribution is -0.103. The van der Waals surface area contributed by atoms with Crippen LogP contribution in [-0.4, -0.2) is 41.3 Å². The van der Waals surface area contributed by atoms with Crippen LogP contribution in [0, 0.1) is 11.6 Å². The largest absolute Gasteiger partial charge is 0.387 e. The molecule has 1 aromatic carbocycles. The molecule has 1 aliphatic heterocycles. The smallest absolute Gasteiger partial charge is 0.131 e. The molecular weight excluding hydrogens is 264 g/mol. The third-order valence-electron chi connectivity index (χ3n) is 3.78. The Bertz CT molecular complexity index is 459. The van der Waals surface area contributed by atoms with Crippen LogP contribution in [0.4, 0.5) is 8.78 Å². The van der Waals surface area contributed by atoms with Crippen LogP contribution in [0.15, 0.2) is 18.2 Å². The van der Waals surface area contributed by atoms with Gasteiger partial charge in [-0.3, -0.25) is 4.90 Å². The number of halogens is 2. The maximum atomic E-state index is 13.7. The number of nitrogens with zero attached hydrogens (tertiary/aromatic N) is 1. The molecule has 1 fully saturated rings. The lowest BCUT2D eigenvalue weighted by Gasteiger charge is -2.45. The van der Waals surface area contributed by atoms with E-state index in [0.29, 0.717) is 13.2 Å². The van der Waals surface area contributed by atoms with Crippen LogP contribution in [0.3, 0.4) is 0 Å². The second-order valence-electron chi connectivity index (χ2n) is 5.99. The molecule has 3 nitrogen and oxygen atoms in total. The topological polar surface area (TPSA) is 32.7 Å². The standard InChI is InChI=1S/C15H21F2NO2/c1-10-7-18(15(2,3)9-20-10)8-13(19)14-11(16)5-4-6-12(14)17/h4-6,10,13,19H,7-9H2,1-3H3. The lowest BCUT2D eigenvalue weighted by atomic mass is 9.98. The average molecular weight is 285 g/mol. The van der Waals surface area contributed by atoms with Crippen molar-refractivity contribution < 1.29 is 18.6 Å². The van der Waals surface area contributed by atoms with Gasteiger partial charge in [-0.05, 0) is 32.9 Å². The number of hydrogen-bond donors (Lipinski definition) is 1. The molecule has 0 amide bonds. The Morgan fingerprint density at radius 1 is 1.40 bits per heavy atom. The summed E-state index contributed by atoms with van der Waals surface area (Å²) in [4.78, 5) is 2.01. The quantitative estimate of drug-likeness (QED) is 0.926. The molecule has 1 aliphatic rings. The number of benzene rings is 1. The third-order valence-corrected chi connectivity index (χ3v) is 3.78. The van der Waals surface area contributed by atoms with E-state index in [1.165, 1.54) is 6.07 Å². The zero-order chi connectivity index (χ0) is 14.9. The average Bonchev–Trinajstić information content (AvgIpc) is 2.34. The van der Waals surface area contributed by atoms with Gasteiger partial charge >= 0.3 is 0 Å². The van der Waals surface area contributed by atoms with Gasteiger partial charge in [0, 0.05) is 18.6 Å². The number of β-amino-alcohol motifs (C(OH)–C–C–N with tert-alkyl or cyclic N) is 1. The van der Waals surface area contributed by atoms with Gasteiger partial charge in [-0.2, -0.15) is 0 Å². The fourth-order valence-corrected chi connectivity index (χ4v) is 2.50. The van der Waals surface area contributed by atoms with Crippen LogP contribution in [0.2, 0.25) is 0 Å². The van der Waals surface area contributed by atoms with Gasteiger partial charge in [0.15, 0.2) is 0 Å². The van der Waals surface area contributed by atoms with Crippen molar-refractivity contribution in [1.29, 1.82) is 0 Å². The normalized spacial score (nSPS) is 24.6. The van der Waals surface area contributed by atoms with Crippen LogP contribution in [0.5, 0.6) is 0 Å². The number of ether oxygens (including phenoxy) is 1. The molecule has 5 heteroatoms. The summed E-state index contributed by atoms with van der Waals surface area (Å²) in [6.45, 7) is 7.25. The molecule has 2 rings (SSSR count). The van der Waals surface area contributed by atoms with Gasteiger partial charge in [-0.25, -0.2) is 8.78 Å². The lowest BCUT2D eigenvalue weighted by Crippen LogP contribution is -2.56. The molecule has 0 bridgehead atoms. The summed E-state index contributed by atoms with van der Waals surface area (Å²) in [5, 5.41) is 10.2. The van der Waals surface area contributed by atoms with E-state index >= 15 is 0 Å². The van der Waals surface area contributed by atoms with E-state index in [1.54, 1.807) is 0 Å². The van der Waals surface area contributed by atoms with Crippen molar-refractivity contribution in [3.05, 3.63) is 35.4 Å². The van der Waals surface area contributed by atoms with Crippen molar-refractivity contribution in [2.45, 2.75) is 38.5 Å². The second kappa shape index (κ2) is 5.76. The third kappa shape index (κ3) is 3.16. The highest BCUT2D eigenvalue weighted by molar-refractivity contribution is 5.22. The van der Waals surface area contributed by atoms with Crippen molar-refractivity contribution >= 4 is 0 Å². The van der Waals surface area contributed by atoms with Crippen molar-refractivity contribution in [3.8, 4) is 0 Å². The molecule has 2 atom stereocenters. The maximum Gasteiger partial charge on any atom is 0.131 e. The first-order valence-electron chi connectivity index (χ1n) is 6.80. The van der Waals surface area contributed by atoms with E-state index in [-0.39, 0.29) is 23.8 Å². The van der Waals surface area contributed by atoms with E-state index in [2.05, 4.69) is 0 Å². The molecular formula is C15H21F2NO2. The van der Waals surface area contributed by atoms with Gasteiger partial charge in [-0.1, -0.05) is 6.07 Å². The number of aliphatic hydroxyl groups is 1. The summed E-state index contributed by atoms with van der Waals surface area (Å²) in [5.41, 5.74) is -0.530. The first kappa shape index (κ1) is 15.4. The molecule has 1 saturated heterocycles. The Morgan fingerprint density at radius 2 is 2.00 bits per heavy atom. The van der Waals surface area contributed by atoms with Crippen LogP contribution < -0.4 is 0 Å². The Balaban J connectivity index is 2.16. The minimum absolute atomic E-state index is 0.0423. The van der Waals surface area contributed by atoms with Crippen LogP contribution in [0.25, 0.3) is 0 Å². The minimum atomic E-state index is -1.19. The Labute approximate surface area is 118 Å². The van der Waals surface area contributed by atoms with Crippen LogP contribution in [-0.2, 0) is 4.74 Å². The van der Waals surface area contributed by atoms with Gasteiger partial charge in [0.2, 0.25) is 0 Å². The summed E-state index contributed by atoms with van der Waals surface area (Å²) in [5.74, 6) is -1.42. The molecule has 0 saturated carbocycles. The predicted octanol–water partition coefficient (Wildman–Crippen LogP) is 2.50. The number of aliphatic hydroxyl groups excluding tert-OH is 1. The zero-order valence-corrected chi connectivity index (χ0v) is 12.1. The van der Waals surface area contributed by atoms with Crippen molar-refractivity contribution in [2.24, 2.45) is 0 Å². The highest BCUT2D eigenvalue weighted by Gasteiger charge is 2.35. The van der Waals surface area contributed by atoms with Crippen molar-refractivity contribution in [1.82, 2.24) is 4.90 Å². The summed E-state index contributed by atoms with van der Waals surface area (Å²) in [7, 11) is 0. The molecule has 0 spiro atoms. The number of morpholine rings is 1. The van der Waals surface area contributed by atoms with Crippen molar-refractivity contribution in [3.63, 3.8) is 0 Å². The zero-order valence-electron chi connectivity index (χ0n) is 12.1. The predicted molar refractivity (Wildman–Crippen MR) is 72.4 cm³/mol. The second-order valence-corrected chi connectivity index (χ2v) is 5.99. The first-order valence-corrected chi connectivity index (χ1v) is 6.80. The van der Waals surface area contributed by atoms with Gasteiger partial charge in [0.1, 0.15) is 11.6 Å². The highest BCUT2D eigenvalue weighted by Crippen LogP contribution is 2.27. The Morgan fingerprint density at radius 3 is 2.60 bits per heavy atom. The minimum Gasteiger partial charge on any atom is -0.387 e. The summed E-state index contributed by atoms with van der Waals surface area (Å²) >= 11 is 0. The monoisotopic (exact) mass is 285 g/mol. The molecule has 1 aromatic rings. The number of rotatable bonds is 3. The molecule has 2 unspecified atom stereocenters. The van der Waals surface area contributed by atoms with Crippen molar-refractivity contribution in [2.75, 3.05) is 19.7 Å². The number of hydrogen-bond acceptors (Lipinski definition) is 3. The Hall–Kier alpha value is -1.04. The van der Waals surface area contributed by atoms with Gasteiger partial charge in [0.25, 0.3) is 0 Å². The van der Waals surface area contributed by atoms with E-state index in [1.807, 2.05) is 25.7 Å². The fourth-order valence-electron chi connectivity index (χ4n) is 2.50. The molecule has 1 heterocycles.